The largest absolute Gasteiger partial charge is 0.496 e. The molecule has 0 saturated heterocycles. The van der Waals surface area contributed by atoms with E-state index in [9.17, 15) is 14.7 Å². The predicted octanol–water partition coefficient (Wildman–Crippen LogP) is 2.96. The van der Waals surface area contributed by atoms with Crippen LogP contribution in [0.5, 0.6) is 11.5 Å². The fourth-order valence-corrected chi connectivity index (χ4v) is 3.33. The number of hydrogen-bond acceptors (Lipinski definition) is 7. The van der Waals surface area contributed by atoms with Gasteiger partial charge in [0.05, 0.1) is 18.1 Å². The van der Waals surface area contributed by atoms with Crippen LogP contribution in [0.2, 0.25) is 0 Å². The van der Waals surface area contributed by atoms with Gasteiger partial charge in [0.1, 0.15) is 23.2 Å². The van der Waals surface area contributed by atoms with Crippen LogP contribution in [0.3, 0.4) is 0 Å². The zero-order valence-corrected chi connectivity index (χ0v) is 16.1. The summed E-state index contributed by atoms with van der Waals surface area (Å²) in [7, 11) is 1.49. The molecule has 0 bridgehead atoms. The number of methoxy groups -OCH3 is 1. The van der Waals surface area contributed by atoms with Crippen LogP contribution in [0.25, 0.3) is 11.0 Å². The molecule has 0 radical (unpaired) electrons. The highest BCUT2D eigenvalue weighted by atomic mass is 16.6. The van der Waals surface area contributed by atoms with Crippen LogP contribution in [-0.2, 0) is 9.53 Å². The smallest absolute Gasteiger partial charge is 0.336 e. The lowest BCUT2D eigenvalue weighted by atomic mass is 9.87. The summed E-state index contributed by atoms with van der Waals surface area (Å²) in [4.78, 5) is 24.0. The van der Waals surface area contributed by atoms with Crippen molar-refractivity contribution in [1.29, 1.82) is 0 Å². The number of rotatable bonds is 4. The second-order valence-electron chi connectivity index (χ2n) is 7.65. The Morgan fingerprint density at radius 3 is 2.67 bits per heavy atom. The normalized spacial score (nSPS) is 20.9. The van der Waals surface area contributed by atoms with Gasteiger partial charge >= 0.3 is 11.6 Å². The van der Waals surface area contributed by atoms with E-state index in [1.807, 2.05) is 13.8 Å². The summed E-state index contributed by atoms with van der Waals surface area (Å²) in [5.74, 6) is 0.471. The lowest BCUT2D eigenvalue weighted by molar-refractivity contribution is -0.178. The van der Waals surface area contributed by atoms with E-state index in [1.165, 1.54) is 13.2 Å². The van der Waals surface area contributed by atoms with E-state index < -0.39 is 29.4 Å². The molecule has 27 heavy (non-hydrogen) atoms. The van der Waals surface area contributed by atoms with Gasteiger partial charge in [-0.1, -0.05) is 13.8 Å². The van der Waals surface area contributed by atoms with Crippen molar-refractivity contribution in [3.63, 3.8) is 0 Å². The first-order chi connectivity index (χ1) is 12.6. The molecule has 2 aromatic rings. The second kappa shape index (κ2) is 6.88. The highest BCUT2D eigenvalue weighted by molar-refractivity contribution is 5.89. The third kappa shape index (κ3) is 3.51. The number of aliphatic hydroxyl groups excluding tert-OH is 1. The van der Waals surface area contributed by atoms with Crippen LogP contribution in [0.15, 0.2) is 27.4 Å². The maximum Gasteiger partial charge on any atom is 0.336 e. The highest BCUT2D eigenvalue weighted by Gasteiger charge is 2.47. The first kappa shape index (κ1) is 19.2. The minimum atomic E-state index is -1.22. The molecule has 0 amide bonds. The van der Waals surface area contributed by atoms with E-state index in [-0.39, 0.29) is 23.5 Å². The van der Waals surface area contributed by atoms with Crippen LogP contribution in [0, 0.1) is 5.92 Å². The SMILES string of the molecule is COc1cc2c(c3oc(=O)ccc13)[C@@H](O)[C@H](OC(=O)CC(C)C)C(C)(C)O2. The van der Waals surface area contributed by atoms with E-state index in [0.717, 1.165) is 0 Å². The van der Waals surface area contributed by atoms with Gasteiger partial charge in [0.15, 0.2) is 11.7 Å². The van der Waals surface area contributed by atoms with Crippen LogP contribution < -0.4 is 15.1 Å². The summed E-state index contributed by atoms with van der Waals surface area (Å²) in [6.45, 7) is 7.27. The predicted molar refractivity (Wildman–Crippen MR) is 98.0 cm³/mol. The summed E-state index contributed by atoms with van der Waals surface area (Å²) in [6.07, 6.45) is -1.96. The van der Waals surface area contributed by atoms with Gasteiger partial charge in [-0.15, -0.1) is 0 Å². The molecular weight excluding hydrogens is 352 g/mol. The summed E-state index contributed by atoms with van der Waals surface area (Å²) in [5, 5.41) is 11.6. The molecule has 7 nitrogen and oxygen atoms in total. The average molecular weight is 376 g/mol. The standard InChI is InChI=1S/C20H24O7/c1-10(2)8-15(22)26-19-17(23)16-13(27-20(19,3)4)9-12(24-5)11-6-7-14(21)25-18(11)16/h6-7,9-10,17,19,23H,8H2,1-5H3/t17-,19+/m1/s1. The molecule has 3 rings (SSSR count). The molecule has 0 aliphatic carbocycles. The van der Waals surface area contributed by atoms with E-state index in [0.29, 0.717) is 16.9 Å². The molecule has 2 atom stereocenters. The van der Waals surface area contributed by atoms with E-state index in [4.69, 9.17) is 18.6 Å². The summed E-state index contributed by atoms with van der Waals surface area (Å²) >= 11 is 0. The van der Waals surface area contributed by atoms with E-state index in [1.54, 1.807) is 26.0 Å². The molecule has 0 saturated carbocycles. The fraction of sp³-hybridized carbons (Fsp3) is 0.500. The maximum atomic E-state index is 12.2. The Morgan fingerprint density at radius 1 is 1.33 bits per heavy atom. The van der Waals surface area contributed by atoms with Crippen LogP contribution in [0.4, 0.5) is 0 Å². The van der Waals surface area contributed by atoms with Gasteiger partial charge in [-0.25, -0.2) is 4.79 Å². The molecule has 1 N–H and O–H groups in total. The average Bonchev–Trinajstić information content (AvgIpc) is 2.56. The third-order valence-corrected chi connectivity index (χ3v) is 4.57. The number of carbonyl (C=O) groups excluding carboxylic acids is 1. The van der Waals surface area contributed by atoms with E-state index >= 15 is 0 Å². The van der Waals surface area contributed by atoms with Crippen molar-refractivity contribution in [2.75, 3.05) is 7.11 Å². The van der Waals surface area contributed by atoms with Gasteiger partial charge in [-0.3, -0.25) is 4.79 Å². The van der Waals surface area contributed by atoms with Gasteiger partial charge in [0, 0.05) is 18.6 Å². The molecule has 1 aliphatic rings. The summed E-state index contributed by atoms with van der Waals surface area (Å²) < 4.78 is 22.3. The lowest BCUT2D eigenvalue weighted by Crippen LogP contribution is -2.51. The van der Waals surface area contributed by atoms with Crippen molar-refractivity contribution in [1.82, 2.24) is 0 Å². The zero-order chi connectivity index (χ0) is 19.9. The first-order valence-corrected chi connectivity index (χ1v) is 8.85. The molecule has 1 aromatic heterocycles. The van der Waals surface area contributed by atoms with Gasteiger partial charge < -0.3 is 23.7 Å². The van der Waals surface area contributed by atoms with Crippen LogP contribution >= 0.6 is 0 Å². The molecule has 0 spiro atoms. The van der Waals surface area contributed by atoms with Crippen molar-refractivity contribution in [3.05, 3.63) is 34.2 Å². The minimum absolute atomic E-state index is 0.123. The van der Waals surface area contributed by atoms with Crippen molar-refractivity contribution in [2.24, 2.45) is 5.92 Å². The summed E-state index contributed by atoms with van der Waals surface area (Å²) in [6, 6.07) is 4.47. The van der Waals surface area contributed by atoms with Crippen LogP contribution in [0.1, 0.15) is 45.8 Å². The van der Waals surface area contributed by atoms with E-state index in [2.05, 4.69) is 0 Å². The van der Waals surface area contributed by atoms with Gasteiger partial charge in [-0.05, 0) is 25.8 Å². The molecule has 1 aromatic carbocycles. The number of esters is 1. The maximum absolute atomic E-state index is 12.2. The number of benzene rings is 1. The number of aliphatic hydroxyl groups is 1. The fourth-order valence-electron chi connectivity index (χ4n) is 3.33. The van der Waals surface area contributed by atoms with Crippen LogP contribution in [-0.4, -0.2) is 29.9 Å². The Bertz CT molecular complexity index is 926. The monoisotopic (exact) mass is 376 g/mol. The van der Waals surface area contributed by atoms with Gasteiger partial charge in [0.2, 0.25) is 0 Å². The second-order valence-corrected chi connectivity index (χ2v) is 7.65. The van der Waals surface area contributed by atoms with Crippen molar-refractivity contribution in [3.8, 4) is 11.5 Å². The van der Waals surface area contributed by atoms with Crippen molar-refractivity contribution in [2.45, 2.75) is 51.9 Å². The Hall–Kier alpha value is -2.54. The molecule has 1 aliphatic heterocycles. The Balaban J connectivity index is 2.13. The number of ether oxygens (including phenoxy) is 3. The number of fused-ring (bicyclic) bond motifs is 3. The van der Waals surface area contributed by atoms with Crippen molar-refractivity contribution < 1.29 is 28.5 Å². The first-order valence-electron chi connectivity index (χ1n) is 8.85. The lowest BCUT2D eigenvalue weighted by Gasteiger charge is -2.42. The molecule has 0 fully saturated rings. The Morgan fingerprint density at radius 2 is 2.04 bits per heavy atom. The summed E-state index contributed by atoms with van der Waals surface area (Å²) in [5.41, 5.74) is -1.13. The number of hydrogen-bond donors (Lipinski definition) is 1. The third-order valence-electron chi connectivity index (χ3n) is 4.57. The zero-order valence-electron chi connectivity index (χ0n) is 16.1. The molecule has 2 heterocycles. The molecule has 0 unspecified atom stereocenters. The quantitative estimate of drug-likeness (QED) is 0.647. The molecule has 146 valence electrons. The minimum Gasteiger partial charge on any atom is -0.496 e. The Kier molecular flexibility index (Phi) is 4.90. The topological polar surface area (TPSA) is 95.2 Å². The highest BCUT2D eigenvalue weighted by Crippen LogP contribution is 2.47. The molecule has 7 heteroatoms. The van der Waals surface area contributed by atoms with Gasteiger partial charge in [0.25, 0.3) is 0 Å². The Labute approximate surface area is 156 Å². The van der Waals surface area contributed by atoms with Crippen molar-refractivity contribution >= 4 is 16.9 Å². The van der Waals surface area contributed by atoms with Gasteiger partial charge in [-0.2, -0.15) is 0 Å². The molecular formula is C20H24O7. The number of carbonyl (C=O) groups is 1.